The molecule has 172 valence electrons. The van der Waals surface area contributed by atoms with Crippen molar-refractivity contribution < 1.29 is 28.5 Å². The average Bonchev–Trinajstić information content (AvgIpc) is 2.76. The van der Waals surface area contributed by atoms with E-state index in [0.29, 0.717) is 41.9 Å². The van der Waals surface area contributed by atoms with Crippen LogP contribution < -0.4 is 24.3 Å². The van der Waals surface area contributed by atoms with Gasteiger partial charge >= 0.3 is 0 Å². The van der Waals surface area contributed by atoms with Gasteiger partial charge in [-0.1, -0.05) is 11.6 Å². The summed E-state index contributed by atoms with van der Waals surface area (Å²) in [4.78, 5) is 25.0. The molecule has 32 heavy (non-hydrogen) atoms. The average molecular weight is 464 g/mol. The molecule has 2 aromatic carbocycles. The van der Waals surface area contributed by atoms with Crippen molar-refractivity contribution in [3.63, 3.8) is 0 Å². The molecule has 0 aromatic heterocycles. The van der Waals surface area contributed by atoms with Gasteiger partial charge in [-0.2, -0.15) is 10.2 Å². The molecule has 0 saturated carbocycles. The molecule has 1 atom stereocenters. The van der Waals surface area contributed by atoms with Gasteiger partial charge in [0, 0.05) is 18.2 Å². The van der Waals surface area contributed by atoms with Crippen molar-refractivity contribution >= 4 is 34.7 Å². The van der Waals surface area contributed by atoms with E-state index >= 15 is 0 Å². The number of carbonyl (C=O) groups is 2. The molecular formula is C22H26ClN3O6. The minimum Gasteiger partial charge on any atom is -0.494 e. The summed E-state index contributed by atoms with van der Waals surface area (Å²) in [6, 6.07) is 6.62. The van der Waals surface area contributed by atoms with Crippen LogP contribution in [-0.4, -0.2) is 45.2 Å². The normalized spacial score (nSPS) is 11.7. The Morgan fingerprint density at radius 2 is 1.69 bits per heavy atom. The number of azo groups is 1. The predicted octanol–water partition coefficient (Wildman–Crippen LogP) is 4.83. The minimum atomic E-state index is -1.39. The monoisotopic (exact) mass is 463 g/mol. The standard InChI is InChI=1S/C22H26ClN3O6/c1-6-31-15-11-16(23)21(19(12-15)32-7-2)24-22(28)20(13(3)27)26-25-14-8-9-17(29-4)18(10-14)30-5/h8-12,20H,6-7H2,1-5H3,(H,24,28). The van der Waals surface area contributed by atoms with Crippen molar-refractivity contribution in [2.75, 3.05) is 32.8 Å². The number of benzene rings is 2. The number of hydrogen-bond acceptors (Lipinski definition) is 8. The molecule has 0 radical (unpaired) electrons. The first kappa shape index (κ1) is 24.9. The fourth-order valence-corrected chi connectivity index (χ4v) is 2.97. The first-order chi connectivity index (χ1) is 15.3. The molecular weight excluding hydrogens is 438 g/mol. The number of anilines is 1. The third kappa shape index (κ3) is 6.34. The Kier molecular flexibility index (Phi) is 9.27. The van der Waals surface area contributed by atoms with Crippen molar-refractivity contribution in [2.45, 2.75) is 26.8 Å². The second-order valence-electron chi connectivity index (χ2n) is 6.40. The lowest BCUT2D eigenvalue weighted by Crippen LogP contribution is -2.32. The summed E-state index contributed by atoms with van der Waals surface area (Å²) in [5.41, 5.74) is 0.602. The van der Waals surface area contributed by atoms with E-state index in [-0.39, 0.29) is 10.7 Å². The number of halogens is 1. The number of ether oxygens (including phenoxy) is 4. The van der Waals surface area contributed by atoms with Crippen LogP contribution in [0.5, 0.6) is 23.0 Å². The van der Waals surface area contributed by atoms with Crippen molar-refractivity contribution in [3.8, 4) is 23.0 Å². The molecule has 0 aliphatic rings. The Hall–Kier alpha value is -3.33. The summed E-state index contributed by atoms with van der Waals surface area (Å²) in [5.74, 6) is 0.572. The molecule has 0 aliphatic heterocycles. The van der Waals surface area contributed by atoms with Gasteiger partial charge in [0.1, 0.15) is 17.2 Å². The van der Waals surface area contributed by atoms with E-state index in [2.05, 4.69) is 15.5 Å². The highest BCUT2D eigenvalue weighted by atomic mass is 35.5. The van der Waals surface area contributed by atoms with E-state index in [9.17, 15) is 9.59 Å². The van der Waals surface area contributed by atoms with E-state index < -0.39 is 17.7 Å². The quantitative estimate of drug-likeness (QED) is 0.377. The molecule has 9 nitrogen and oxygen atoms in total. The number of ketones is 1. The fraction of sp³-hybridized carbons (Fsp3) is 0.364. The molecule has 0 saturated heterocycles. The number of carbonyl (C=O) groups excluding carboxylic acids is 2. The summed E-state index contributed by atoms with van der Waals surface area (Å²) in [7, 11) is 3.00. The maximum absolute atomic E-state index is 12.8. The highest BCUT2D eigenvalue weighted by Crippen LogP contribution is 2.37. The molecule has 1 amide bonds. The summed E-state index contributed by atoms with van der Waals surface area (Å²) >= 11 is 6.33. The lowest BCUT2D eigenvalue weighted by Gasteiger charge is -2.16. The van der Waals surface area contributed by atoms with Gasteiger partial charge in [0.05, 0.1) is 38.1 Å². The van der Waals surface area contributed by atoms with Crippen LogP contribution >= 0.6 is 11.6 Å². The number of nitrogens with one attached hydrogen (secondary N) is 1. The lowest BCUT2D eigenvalue weighted by atomic mass is 10.2. The van der Waals surface area contributed by atoms with Crippen molar-refractivity contribution in [1.29, 1.82) is 0 Å². The summed E-state index contributed by atoms with van der Waals surface area (Å²) < 4.78 is 21.4. The van der Waals surface area contributed by atoms with E-state index in [0.717, 1.165) is 0 Å². The molecule has 1 unspecified atom stereocenters. The van der Waals surface area contributed by atoms with Crippen molar-refractivity contribution in [2.24, 2.45) is 10.2 Å². The van der Waals surface area contributed by atoms with Crippen LogP contribution in [0.15, 0.2) is 40.6 Å². The van der Waals surface area contributed by atoms with Gasteiger partial charge in [0.15, 0.2) is 17.3 Å². The Morgan fingerprint density at radius 1 is 1.00 bits per heavy atom. The lowest BCUT2D eigenvalue weighted by molar-refractivity contribution is -0.126. The zero-order valence-electron chi connectivity index (χ0n) is 18.6. The SMILES string of the molecule is CCOc1cc(Cl)c(NC(=O)C(N=Nc2ccc(OC)c(OC)c2)C(C)=O)c(OCC)c1. The van der Waals surface area contributed by atoms with E-state index in [1.165, 1.54) is 21.1 Å². The molecule has 2 rings (SSSR count). The zero-order valence-corrected chi connectivity index (χ0v) is 19.4. The van der Waals surface area contributed by atoms with Crippen molar-refractivity contribution in [1.82, 2.24) is 0 Å². The van der Waals surface area contributed by atoms with Gasteiger partial charge in [0.2, 0.25) is 6.04 Å². The van der Waals surface area contributed by atoms with Crippen LogP contribution in [0.2, 0.25) is 5.02 Å². The summed E-state index contributed by atoms with van der Waals surface area (Å²) in [6.45, 7) is 5.66. The molecule has 10 heteroatoms. The van der Waals surface area contributed by atoms with Crippen LogP contribution in [0, 0.1) is 0 Å². The second-order valence-corrected chi connectivity index (χ2v) is 6.81. The molecule has 2 aromatic rings. The summed E-state index contributed by atoms with van der Waals surface area (Å²) in [6.07, 6.45) is 0. The van der Waals surface area contributed by atoms with Gasteiger partial charge in [-0.15, -0.1) is 0 Å². The van der Waals surface area contributed by atoms with Gasteiger partial charge in [-0.25, -0.2) is 0 Å². The van der Waals surface area contributed by atoms with Crippen LogP contribution in [-0.2, 0) is 9.59 Å². The first-order valence-corrected chi connectivity index (χ1v) is 10.3. The van der Waals surface area contributed by atoms with E-state index in [1.807, 2.05) is 6.92 Å². The Balaban J connectivity index is 2.29. The highest BCUT2D eigenvalue weighted by molar-refractivity contribution is 6.34. The van der Waals surface area contributed by atoms with Gasteiger partial charge in [-0.3, -0.25) is 9.59 Å². The maximum atomic E-state index is 12.8. The number of Topliss-reactive ketones (excluding diaryl/α,β-unsaturated/α-hetero) is 1. The third-order valence-corrected chi connectivity index (χ3v) is 4.47. The van der Waals surface area contributed by atoms with Crippen LogP contribution in [0.25, 0.3) is 0 Å². The van der Waals surface area contributed by atoms with Gasteiger partial charge in [-0.05, 0) is 32.9 Å². The van der Waals surface area contributed by atoms with Crippen molar-refractivity contribution in [3.05, 3.63) is 35.4 Å². The van der Waals surface area contributed by atoms with E-state index in [4.69, 9.17) is 30.5 Å². The number of rotatable bonds is 11. The predicted molar refractivity (Wildman–Crippen MR) is 121 cm³/mol. The Morgan fingerprint density at radius 3 is 2.28 bits per heavy atom. The number of amides is 1. The topological polar surface area (TPSA) is 108 Å². The Labute approximate surface area is 191 Å². The molecule has 0 bridgehead atoms. The smallest absolute Gasteiger partial charge is 0.258 e. The second kappa shape index (κ2) is 11.9. The minimum absolute atomic E-state index is 0.201. The van der Waals surface area contributed by atoms with Crippen LogP contribution in [0.1, 0.15) is 20.8 Å². The van der Waals surface area contributed by atoms with Crippen LogP contribution in [0.3, 0.4) is 0 Å². The number of methoxy groups -OCH3 is 2. The van der Waals surface area contributed by atoms with E-state index in [1.54, 1.807) is 37.3 Å². The third-order valence-electron chi connectivity index (χ3n) is 4.18. The maximum Gasteiger partial charge on any atom is 0.258 e. The molecule has 0 spiro atoms. The number of nitrogens with zero attached hydrogens (tertiary/aromatic N) is 2. The first-order valence-electron chi connectivity index (χ1n) is 9.87. The van der Waals surface area contributed by atoms with Gasteiger partial charge in [0.25, 0.3) is 5.91 Å². The molecule has 1 N–H and O–H groups in total. The zero-order chi connectivity index (χ0) is 23.7. The summed E-state index contributed by atoms with van der Waals surface area (Å²) in [5, 5.41) is 10.8. The van der Waals surface area contributed by atoms with Gasteiger partial charge < -0.3 is 24.3 Å². The highest BCUT2D eigenvalue weighted by Gasteiger charge is 2.25. The molecule has 0 heterocycles. The largest absolute Gasteiger partial charge is 0.494 e. The molecule has 0 aliphatic carbocycles. The Bertz CT molecular complexity index is 996. The van der Waals surface area contributed by atoms with Crippen LogP contribution in [0.4, 0.5) is 11.4 Å². The molecule has 0 fully saturated rings. The fourth-order valence-electron chi connectivity index (χ4n) is 2.72. The number of hydrogen-bond donors (Lipinski definition) is 1.